The summed E-state index contributed by atoms with van der Waals surface area (Å²) in [4.78, 5) is 11.0. The van der Waals surface area contributed by atoms with Gasteiger partial charge in [0.15, 0.2) is 0 Å². The molecule has 0 radical (unpaired) electrons. The molecular weight excluding hydrogens is 217 g/mol. The first-order valence-electron chi connectivity index (χ1n) is 3.23. The molecule has 0 unspecified atom stereocenters. The predicted octanol–water partition coefficient (Wildman–Crippen LogP) is 1.41. The number of aromatic nitrogens is 1. The van der Waals surface area contributed by atoms with Crippen LogP contribution in [-0.2, 0) is 4.74 Å². The molecule has 1 aromatic rings. The lowest BCUT2D eigenvalue weighted by Crippen LogP contribution is -2.31. The third-order valence-electron chi connectivity index (χ3n) is 1.39. The number of pyridine rings is 1. The molecule has 0 bridgehead atoms. The van der Waals surface area contributed by atoms with E-state index in [-0.39, 0.29) is 20.6 Å². The first kappa shape index (κ1) is 10.1. The number of nitrogens with zero attached hydrogens (tertiary/aromatic N) is 1. The lowest BCUT2D eigenvalue weighted by atomic mass is 10.3. The monoisotopic (exact) mass is 221 g/mol. The average molecular weight is 222 g/mol. The fourth-order valence-corrected chi connectivity index (χ4v) is 1.18. The van der Waals surface area contributed by atoms with Gasteiger partial charge in [-0.15, -0.1) is 4.73 Å². The largest absolute Gasteiger partial charge is 0.617 e. The van der Waals surface area contributed by atoms with Gasteiger partial charge in [-0.1, -0.05) is 0 Å². The molecule has 1 heterocycles. The number of hydrogen-bond donors (Lipinski definition) is 0. The van der Waals surface area contributed by atoms with Gasteiger partial charge in [-0.3, -0.25) is 0 Å². The van der Waals surface area contributed by atoms with Crippen molar-refractivity contribution in [3.05, 3.63) is 33.2 Å². The second kappa shape index (κ2) is 3.81. The predicted molar refractivity (Wildman–Crippen MR) is 46.8 cm³/mol. The molecule has 0 aliphatic rings. The zero-order chi connectivity index (χ0) is 10.0. The average Bonchev–Trinajstić information content (AvgIpc) is 2.13. The highest BCUT2D eigenvalue weighted by Gasteiger charge is 2.19. The van der Waals surface area contributed by atoms with Crippen LogP contribution in [0.15, 0.2) is 12.1 Å². The van der Waals surface area contributed by atoms with Gasteiger partial charge in [0.2, 0.25) is 0 Å². The summed E-state index contributed by atoms with van der Waals surface area (Å²) in [5.74, 6) is -0.675. The molecule has 0 saturated carbocycles. The number of carbonyl (C=O) groups is 1. The smallest absolute Gasteiger partial charge is 0.345 e. The SMILES string of the molecule is COC(=O)c1ccc(Cl)[n+]([O-])c1Cl. The summed E-state index contributed by atoms with van der Waals surface area (Å²) in [7, 11) is 1.20. The van der Waals surface area contributed by atoms with Crippen LogP contribution in [0.5, 0.6) is 0 Å². The van der Waals surface area contributed by atoms with E-state index in [2.05, 4.69) is 4.74 Å². The Kier molecular flexibility index (Phi) is 2.95. The van der Waals surface area contributed by atoms with E-state index in [0.717, 1.165) is 0 Å². The first-order chi connectivity index (χ1) is 6.07. The Labute approximate surface area is 84.2 Å². The summed E-state index contributed by atoms with van der Waals surface area (Å²) < 4.78 is 4.64. The van der Waals surface area contributed by atoms with Crippen molar-refractivity contribution in [3.63, 3.8) is 0 Å². The summed E-state index contributed by atoms with van der Waals surface area (Å²) >= 11 is 11.0. The van der Waals surface area contributed by atoms with Gasteiger partial charge in [0, 0.05) is 6.07 Å². The molecule has 70 valence electrons. The molecule has 0 fully saturated rings. The Hall–Kier alpha value is -1.00. The molecule has 1 rings (SSSR count). The summed E-state index contributed by atoms with van der Waals surface area (Å²) in [5, 5.41) is 10.7. The summed E-state index contributed by atoms with van der Waals surface area (Å²) in [6.07, 6.45) is 0. The first-order valence-corrected chi connectivity index (χ1v) is 3.99. The van der Waals surface area contributed by atoms with Gasteiger partial charge in [0.05, 0.1) is 7.11 Å². The van der Waals surface area contributed by atoms with Gasteiger partial charge >= 0.3 is 11.1 Å². The van der Waals surface area contributed by atoms with E-state index < -0.39 is 5.97 Å². The number of carbonyl (C=O) groups excluding carboxylic acids is 1. The fourth-order valence-electron chi connectivity index (χ4n) is 0.754. The molecule has 1 aromatic heterocycles. The fraction of sp³-hybridized carbons (Fsp3) is 0.143. The molecule has 13 heavy (non-hydrogen) atoms. The van der Waals surface area contributed by atoms with Crippen molar-refractivity contribution >= 4 is 29.2 Å². The Morgan fingerprint density at radius 3 is 2.69 bits per heavy atom. The van der Waals surface area contributed by atoms with Crippen LogP contribution in [0.1, 0.15) is 10.4 Å². The number of hydrogen-bond acceptors (Lipinski definition) is 3. The van der Waals surface area contributed by atoms with Crippen molar-refractivity contribution < 1.29 is 14.3 Å². The molecule has 0 saturated heterocycles. The maximum Gasteiger partial charge on any atom is 0.345 e. The van der Waals surface area contributed by atoms with E-state index in [1.165, 1.54) is 19.2 Å². The lowest BCUT2D eigenvalue weighted by molar-refractivity contribution is -0.600. The number of esters is 1. The molecule has 6 heteroatoms. The minimum absolute atomic E-state index is 0.0106. The Morgan fingerprint density at radius 2 is 2.15 bits per heavy atom. The zero-order valence-electron chi connectivity index (χ0n) is 6.58. The molecule has 0 spiro atoms. The molecule has 0 amide bonds. The van der Waals surface area contributed by atoms with Crippen molar-refractivity contribution in [1.82, 2.24) is 0 Å². The third kappa shape index (κ3) is 1.84. The van der Waals surface area contributed by atoms with Crippen molar-refractivity contribution in [1.29, 1.82) is 0 Å². The van der Waals surface area contributed by atoms with Crippen LogP contribution in [0, 0.1) is 5.21 Å². The van der Waals surface area contributed by atoms with E-state index in [9.17, 15) is 10.0 Å². The van der Waals surface area contributed by atoms with Crippen molar-refractivity contribution in [2.24, 2.45) is 0 Å². The Bertz CT molecular complexity index is 354. The van der Waals surface area contributed by atoms with Crippen molar-refractivity contribution in [2.75, 3.05) is 7.11 Å². The maximum atomic E-state index is 11.1. The summed E-state index contributed by atoms with van der Waals surface area (Å²) in [6, 6.07) is 2.59. The summed E-state index contributed by atoms with van der Waals surface area (Å²) in [5.41, 5.74) is -0.0106. The van der Waals surface area contributed by atoms with Crippen LogP contribution in [0.2, 0.25) is 10.3 Å². The molecule has 0 aliphatic heterocycles. The van der Waals surface area contributed by atoms with E-state index in [1.54, 1.807) is 0 Å². The highest BCUT2D eigenvalue weighted by Crippen LogP contribution is 2.14. The molecular formula is C7H5Cl2NO3. The Morgan fingerprint density at radius 1 is 1.54 bits per heavy atom. The normalized spacial score (nSPS) is 9.77. The van der Waals surface area contributed by atoms with Crippen molar-refractivity contribution in [2.45, 2.75) is 0 Å². The van der Waals surface area contributed by atoms with E-state index in [1.807, 2.05) is 0 Å². The van der Waals surface area contributed by atoms with Crippen molar-refractivity contribution in [3.8, 4) is 0 Å². The van der Waals surface area contributed by atoms with Gasteiger partial charge in [-0.25, -0.2) is 4.79 Å². The molecule has 0 N–H and O–H groups in total. The molecule has 0 atom stereocenters. The Balaban J connectivity index is 3.26. The second-order valence-corrected chi connectivity index (χ2v) is 2.89. The van der Waals surface area contributed by atoms with Gasteiger partial charge in [0.25, 0.3) is 5.15 Å². The topological polar surface area (TPSA) is 53.2 Å². The zero-order valence-corrected chi connectivity index (χ0v) is 8.09. The molecule has 0 aromatic carbocycles. The summed E-state index contributed by atoms with van der Waals surface area (Å²) in [6.45, 7) is 0. The number of rotatable bonds is 1. The van der Waals surface area contributed by atoms with Crippen LogP contribution >= 0.6 is 23.2 Å². The standard InChI is InChI=1S/C7H5Cl2NO3/c1-13-7(11)4-2-3-5(8)10(12)6(4)9/h2-3H,1H3. The van der Waals surface area contributed by atoms with Gasteiger partial charge in [0.1, 0.15) is 5.56 Å². The van der Waals surface area contributed by atoms with Gasteiger partial charge < -0.3 is 9.94 Å². The minimum Gasteiger partial charge on any atom is -0.617 e. The van der Waals surface area contributed by atoms with Gasteiger partial charge in [-0.2, -0.15) is 0 Å². The van der Waals surface area contributed by atoms with Crippen LogP contribution in [0.4, 0.5) is 0 Å². The van der Waals surface area contributed by atoms with E-state index in [4.69, 9.17) is 23.2 Å². The number of methoxy groups -OCH3 is 1. The third-order valence-corrected chi connectivity index (χ3v) is 2.02. The highest BCUT2D eigenvalue weighted by atomic mass is 35.5. The van der Waals surface area contributed by atoms with Crippen LogP contribution in [0.3, 0.4) is 0 Å². The van der Waals surface area contributed by atoms with Gasteiger partial charge in [-0.05, 0) is 29.3 Å². The second-order valence-electron chi connectivity index (χ2n) is 2.15. The number of ether oxygens (including phenoxy) is 1. The van der Waals surface area contributed by atoms with Crippen LogP contribution < -0.4 is 4.73 Å². The van der Waals surface area contributed by atoms with Crippen LogP contribution in [-0.4, -0.2) is 13.1 Å². The minimum atomic E-state index is -0.675. The quantitative estimate of drug-likeness (QED) is 0.312. The number of halogens is 2. The molecule has 0 aliphatic carbocycles. The molecule has 4 nitrogen and oxygen atoms in total. The lowest BCUT2D eigenvalue weighted by Gasteiger charge is -2.03. The van der Waals surface area contributed by atoms with E-state index >= 15 is 0 Å². The highest BCUT2D eigenvalue weighted by molar-refractivity contribution is 6.32. The van der Waals surface area contributed by atoms with Crippen LogP contribution in [0.25, 0.3) is 0 Å². The van der Waals surface area contributed by atoms with E-state index in [0.29, 0.717) is 0 Å². The maximum absolute atomic E-state index is 11.1.